The van der Waals surface area contributed by atoms with E-state index < -0.39 is 6.10 Å². The lowest BCUT2D eigenvalue weighted by Crippen LogP contribution is -2.24. The van der Waals surface area contributed by atoms with E-state index in [0.29, 0.717) is 23.7 Å². The molecule has 1 amide bonds. The Morgan fingerprint density at radius 2 is 2.16 bits per heavy atom. The van der Waals surface area contributed by atoms with E-state index in [1.807, 2.05) is 0 Å². The molecular weight excluding hydrogens is 248 g/mol. The molecule has 6 heteroatoms. The lowest BCUT2D eigenvalue weighted by atomic mass is 10.2. The van der Waals surface area contributed by atoms with Crippen LogP contribution in [-0.2, 0) is 9.53 Å². The molecule has 3 N–H and O–H groups in total. The smallest absolute Gasteiger partial charge is 0.221 e. The molecule has 0 heterocycles. The first kappa shape index (κ1) is 15.3. The maximum atomic E-state index is 11.0. The van der Waals surface area contributed by atoms with Crippen LogP contribution in [0.25, 0.3) is 0 Å². The second-order valence-electron chi connectivity index (χ2n) is 4.09. The quantitative estimate of drug-likeness (QED) is 0.689. The highest BCUT2D eigenvalue weighted by atomic mass is 16.5. The number of benzene rings is 1. The van der Waals surface area contributed by atoms with E-state index in [4.69, 9.17) is 9.47 Å². The van der Waals surface area contributed by atoms with Crippen molar-refractivity contribution in [2.75, 3.05) is 38.0 Å². The summed E-state index contributed by atoms with van der Waals surface area (Å²) in [6.45, 7) is 2.02. The van der Waals surface area contributed by atoms with Gasteiger partial charge < -0.3 is 25.2 Å². The Hall–Kier alpha value is -1.79. The van der Waals surface area contributed by atoms with E-state index in [1.165, 1.54) is 14.0 Å². The van der Waals surface area contributed by atoms with Gasteiger partial charge in [-0.25, -0.2) is 0 Å². The maximum Gasteiger partial charge on any atom is 0.221 e. The number of anilines is 2. The number of hydrogen-bond donors (Lipinski definition) is 3. The lowest BCUT2D eigenvalue weighted by Gasteiger charge is -2.15. The lowest BCUT2D eigenvalue weighted by molar-refractivity contribution is -0.114. The van der Waals surface area contributed by atoms with Crippen LogP contribution in [0.2, 0.25) is 0 Å². The van der Waals surface area contributed by atoms with Gasteiger partial charge in [-0.1, -0.05) is 0 Å². The van der Waals surface area contributed by atoms with Gasteiger partial charge >= 0.3 is 0 Å². The summed E-state index contributed by atoms with van der Waals surface area (Å²) in [5, 5.41) is 15.3. The topological polar surface area (TPSA) is 79.8 Å². The number of nitrogens with one attached hydrogen (secondary N) is 2. The minimum Gasteiger partial charge on any atom is -0.495 e. The molecule has 0 radical (unpaired) electrons. The van der Waals surface area contributed by atoms with Gasteiger partial charge in [-0.2, -0.15) is 0 Å². The van der Waals surface area contributed by atoms with Gasteiger partial charge in [0.25, 0.3) is 0 Å². The van der Waals surface area contributed by atoms with Gasteiger partial charge in [-0.15, -0.1) is 0 Å². The van der Waals surface area contributed by atoms with Gasteiger partial charge in [0.2, 0.25) is 5.91 Å². The van der Waals surface area contributed by atoms with Gasteiger partial charge in [0, 0.05) is 26.3 Å². The molecule has 0 saturated carbocycles. The highest BCUT2D eigenvalue weighted by Crippen LogP contribution is 2.27. The molecule has 0 spiro atoms. The molecule has 0 fully saturated rings. The average molecular weight is 268 g/mol. The first-order valence-corrected chi connectivity index (χ1v) is 5.93. The molecule has 0 bridgehead atoms. The van der Waals surface area contributed by atoms with Crippen molar-refractivity contribution < 1.29 is 19.4 Å². The fourth-order valence-corrected chi connectivity index (χ4v) is 1.61. The molecule has 0 saturated heterocycles. The Kier molecular flexibility index (Phi) is 6.11. The van der Waals surface area contributed by atoms with E-state index in [0.717, 1.165) is 0 Å². The zero-order chi connectivity index (χ0) is 14.3. The standard InChI is InChI=1S/C13H20N2O4/c1-9(16)15-10-4-5-13(19-3)12(6-10)14-7-11(17)8-18-2/h4-6,11,14,17H,7-8H2,1-3H3,(H,15,16). The van der Waals surface area contributed by atoms with Crippen LogP contribution < -0.4 is 15.4 Å². The Labute approximate surface area is 112 Å². The summed E-state index contributed by atoms with van der Waals surface area (Å²) in [7, 11) is 3.09. The number of ether oxygens (including phenoxy) is 2. The summed E-state index contributed by atoms with van der Waals surface area (Å²) < 4.78 is 10.1. The molecular formula is C13H20N2O4. The molecule has 0 aliphatic carbocycles. The summed E-state index contributed by atoms with van der Waals surface area (Å²) in [5.74, 6) is 0.495. The van der Waals surface area contributed by atoms with Crippen molar-refractivity contribution in [3.05, 3.63) is 18.2 Å². The van der Waals surface area contributed by atoms with Gasteiger partial charge in [0.15, 0.2) is 0 Å². The minimum atomic E-state index is -0.612. The number of rotatable bonds is 7. The van der Waals surface area contributed by atoms with Gasteiger partial charge in [0.05, 0.1) is 25.5 Å². The first-order valence-electron chi connectivity index (χ1n) is 5.93. The van der Waals surface area contributed by atoms with E-state index in [1.54, 1.807) is 25.3 Å². The normalized spacial score (nSPS) is 11.8. The van der Waals surface area contributed by atoms with Crippen LogP contribution in [-0.4, -0.2) is 44.5 Å². The number of methoxy groups -OCH3 is 2. The van der Waals surface area contributed by atoms with E-state index in [2.05, 4.69) is 10.6 Å². The van der Waals surface area contributed by atoms with Crippen LogP contribution in [0.5, 0.6) is 5.75 Å². The molecule has 0 aliphatic rings. The summed E-state index contributed by atoms with van der Waals surface area (Å²) in [6.07, 6.45) is -0.612. The number of aliphatic hydroxyl groups excluding tert-OH is 1. The Morgan fingerprint density at radius 1 is 1.42 bits per heavy atom. The van der Waals surface area contributed by atoms with Gasteiger partial charge in [0.1, 0.15) is 5.75 Å². The van der Waals surface area contributed by atoms with Gasteiger partial charge in [-0.05, 0) is 18.2 Å². The monoisotopic (exact) mass is 268 g/mol. The molecule has 106 valence electrons. The maximum absolute atomic E-state index is 11.0. The third-order valence-corrected chi connectivity index (χ3v) is 2.41. The number of aliphatic hydroxyl groups is 1. The zero-order valence-electron chi connectivity index (χ0n) is 11.4. The summed E-state index contributed by atoms with van der Waals surface area (Å²) in [6, 6.07) is 5.24. The van der Waals surface area contributed by atoms with Crippen LogP contribution in [0, 0.1) is 0 Å². The molecule has 1 aromatic carbocycles. The summed E-state index contributed by atoms with van der Waals surface area (Å²) >= 11 is 0. The highest BCUT2D eigenvalue weighted by molar-refractivity contribution is 5.89. The van der Waals surface area contributed by atoms with E-state index in [-0.39, 0.29) is 12.5 Å². The van der Waals surface area contributed by atoms with Crippen molar-refractivity contribution in [3.8, 4) is 5.75 Å². The van der Waals surface area contributed by atoms with Crippen molar-refractivity contribution >= 4 is 17.3 Å². The molecule has 0 aromatic heterocycles. The zero-order valence-corrected chi connectivity index (χ0v) is 11.4. The third kappa shape index (κ3) is 5.15. The number of carbonyl (C=O) groups excluding carboxylic acids is 1. The summed E-state index contributed by atoms with van der Waals surface area (Å²) in [4.78, 5) is 11.0. The Balaban J connectivity index is 2.75. The molecule has 1 rings (SSSR count). The van der Waals surface area contributed by atoms with E-state index >= 15 is 0 Å². The highest BCUT2D eigenvalue weighted by Gasteiger charge is 2.08. The second-order valence-corrected chi connectivity index (χ2v) is 4.09. The molecule has 0 aliphatic heterocycles. The first-order chi connectivity index (χ1) is 9.06. The third-order valence-electron chi connectivity index (χ3n) is 2.41. The van der Waals surface area contributed by atoms with E-state index in [9.17, 15) is 9.90 Å². The number of amides is 1. The van der Waals surface area contributed by atoms with Crippen LogP contribution >= 0.6 is 0 Å². The summed E-state index contributed by atoms with van der Waals surface area (Å²) in [5.41, 5.74) is 1.36. The van der Waals surface area contributed by atoms with Crippen LogP contribution in [0.1, 0.15) is 6.92 Å². The second kappa shape index (κ2) is 7.60. The Morgan fingerprint density at radius 3 is 2.74 bits per heavy atom. The predicted octanol–water partition coefficient (Wildman–Crippen LogP) is 1.07. The largest absolute Gasteiger partial charge is 0.495 e. The van der Waals surface area contributed by atoms with Crippen LogP contribution in [0.4, 0.5) is 11.4 Å². The van der Waals surface area contributed by atoms with Gasteiger partial charge in [-0.3, -0.25) is 4.79 Å². The van der Waals surface area contributed by atoms with Crippen molar-refractivity contribution in [2.45, 2.75) is 13.0 Å². The fraction of sp³-hybridized carbons (Fsp3) is 0.462. The molecule has 1 atom stereocenters. The predicted molar refractivity (Wildman–Crippen MR) is 73.7 cm³/mol. The molecule has 1 aromatic rings. The molecule has 19 heavy (non-hydrogen) atoms. The van der Waals surface area contributed by atoms with Crippen LogP contribution in [0.15, 0.2) is 18.2 Å². The SMILES string of the molecule is COCC(O)CNc1cc(NC(C)=O)ccc1OC. The van der Waals surface area contributed by atoms with Crippen molar-refractivity contribution in [3.63, 3.8) is 0 Å². The van der Waals surface area contributed by atoms with Crippen molar-refractivity contribution in [1.82, 2.24) is 0 Å². The number of hydrogen-bond acceptors (Lipinski definition) is 5. The Bertz CT molecular complexity index is 423. The van der Waals surface area contributed by atoms with Crippen LogP contribution in [0.3, 0.4) is 0 Å². The van der Waals surface area contributed by atoms with Crippen molar-refractivity contribution in [1.29, 1.82) is 0 Å². The average Bonchev–Trinajstić information content (AvgIpc) is 2.36. The van der Waals surface area contributed by atoms with Crippen molar-refractivity contribution in [2.24, 2.45) is 0 Å². The molecule has 1 unspecified atom stereocenters. The molecule has 6 nitrogen and oxygen atoms in total. The number of carbonyl (C=O) groups is 1. The minimum absolute atomic E-state index is 0.143. The fourth-order valence-electron chi connectivity index (χ4n) is 1.61.